The zero-order chi connectivity index (χ0) is 16.2. The molecule has 0 aliphatic heterocycles. The van der Waals surface area contributed by atoms with Gasteiger partial charge in [-0.2, -0.15) is 5.26 Å². The topological polar surface area (TPSA) is 92.6 Å². The molecule has 0 saturated heterocycles. The third-order valence-corrected chi connectivity index (χ3v) is 3.30. The average Bonchev–Trinajstić information content (AvgIpc) is 3.21. The van der Waals surface area contributed by atoms with E-state index in [1.54, 1.807) is 48.2 Å². The molecule has 1 unspecified atom stereocenters. The summed E-state index contributed by atoms with van der Waals surface area (Å²) in [6.07, 6.45) is 5.05. The Kier molecular flexibility index (Phi) is 4.08. The van der Waals surface area contributed by atoms with Gasteiger partial charge in [-0.05, 0) is 24.3 Å². The molecule has 0 radical (unpaired) electrons. The maximum absolute atomic E-state index is 12.5. The van der Waals surface area contributed by atoms with Gasteiger partial charge in [-0.25, -0.2) is 4.98 Å². The van der Waals surface area contributed by atoms with E-state index in [2.05, 4.69) is 10.3 Å². The van der Waals surface area contributed by atoms with Gasteiger partial charge in [0.2, 0.25) is 0 Å². The number of furan rings is 1. The zero-order valence-corrected chi connectivity index (χ0v) is 12.4. The maximum Gasteiger partial charge on any atom is 0.256 e. The predicted molar refractivity (Wildman–Crippen MR) is 80.4 cm³/mol. The minimum atomic E-state index is -0.855. The van der Waals surface area contributed by atoms with Crippen molar-refractivity contribution >= 4 is 11.6 Å². The quantitative estimate of drug-likeness (QED) is 0.778. The lowest BCUT2D eigenvalue weighted by molar-refractivity contribution is 0.0942. The Morgan fingerprint density at radius 2 is 2.39 bits per heavy atom. The van der Waals surface area contributed by atoms with Crippen molar-refractivity contribution in [3.63, 3.8) is 0 Å². The zero-order valence-electron chi connectivity index (χ0n) is 12.4. The Morgan fingerprint density at radius 3 is 3.09 bits per heavy atom. The van der Waals surface area contributed by atoms with Crippen molar-refractivity contribution in [1.82, 2.24) is 14.7 Å². The molecule has 23 heavy (non-hydrogen) atoms. The summed E-state index contributed by atoms with van der Waals surface area (Å²) >= 11 is 0. The van der Waals surface area contributed by atoms with Crippen LogP contribution in [0.2, 0.25) is 0 Å². The van der Waals surface area contributed by atoms with Crippen LogP contribution in [-0.4, -0.2) is 22.4 Å². The van der Waals surface area contributed by atoms with E-state index in [1.165, 1.54) is 6.26 Å². The lowest BCUT2D eigenvalue weighted by Gasteiger charge is -2.09. The second-order valence-electron chi connectivity index (χ2n) is 4.87. The molecule has 3 rings (SSSR count). The first kappa shape index (κ1) is 14.8. The molecular weight excluding hydrogens is 296 g/mol. The van der Waals surface area contributed by atoms with E-state index in [0.717, 1.165) is 5.69 Å². The molecule has 0 bridgehead atoms. The monoisotopic (exact) mass is 310 g/mol. The molecule has 116 valence electrons. The molecule has 7 heteroatoms. The summed E-state index contributed by atoms with van der Waals surface area (Å²) < 4.78 is 12.0. The van der Waals surface area contributed by atoms with Crippen LogP contribution in [0.1, 0.15) is 27.9 Å². The van der Waals surface area contributed by atoms with Crippen molar-refractivity contribution < 1.29 is 13.9 Å². The highest BCUT2D eigenvalue weighted by atomic mass is 16.5. The van der Waals surface area contributed by atoms with Crippen LogP contribution in [0.4, 0.5) is 0 Å². The van der Waals surface area contributed by atoms with E-state index in [0.29, 0.717) is 23.6 Å². The van der Waals surface area contributed by atoms with Crippen molar-refractivity contribution in [2.24, 2.45) is 0 Å². The highest BCUT2D eigenvalue weighted by Crippen LogP contribution is 2.16. The largest absolute Gasteiger partial charge is 0.466 e. The molecule has 0 spiro atoms. The number of imidazole rings is 1. The third kappa shape index (κ3) is 2.93. The van der Waals surface area contributed by atoms with Crippen molar-refractivity contribution in [3.05, 3.63) is 59.9 Å². The van der Waals surface area contributed by atoms with Crippen LogP contribution in [0.5, 0.6) is 0 Å². The van der Waals surface area contributed by atoms with Crippen LogP contribution in [0.3, 0.4) is 0 Å². The Hall–Kier alpha value is -3.11. The maximum atomic E-state index is 12.5. The summed E-state index contributed by atoms with van der Waals surface area (Å²) in [7, 11) is 1.58. The lowest BCUT2D eigenvalue weighted by atomic mass is 10.2. The number of aromatic nitrogens is 2. The highest BCUT2D eigenvalue weighted by molar-refractivity contribution is 6.00. The van der Waals surface area contributed by atoms with Gasteiger partial charge in [0, 0.05) is 19.5 Å². The summed E-state index contributed by atoms with van der Waals surface area (Å²) in [4.78, 5) is 16.9. The van der Waals surface area contributed by atoms with Crippen molar-refractivity contribution in [2.75, 3.05) is 7.11 Å². The second kappa shape index (κ2) is 6.34. The summed E-state index contributed by atoms with van der Waals surface area (Å²) in [5.41, 5.74) is 1.60. The Morgan fingerprint density at radius 1 is 1.52 bits per heavy atom. The second-order valence-corrected chi connectivity index (χ2v) is 4.87. The molecule has 0 aromatic carbocycles. The summed E-state index contributed by atoms with van der Waals surface area (Å²) in [5.74, 6) is -0.00988. The number of fused-ring (bicyclic) bond motifs is 1. The van der Waals surface area contributed by atoms with Crippen LogP contribution >= 0.6 is 0 Å². The molecule has 0 saturated carbocycles. The number of nitrogens with one attached hydrogen (secondary N) is 1. The first-order valence-corrected chi connectivity index (χ1v) is 6.92. The predicted octanol–water partition coefficient (Wildman–Crippen LogP) is 2.07. The minimum Gasteiger partial charge on any atom is -0.466 e. The molecular formula is C16H14N4O3. The highest BCUT2D eigenvalue weighted by Gasteiger charge is 2.20. The van der Waals surface area contributed by atoms with Crippen LogP contribution in [0.15, 0.2) is 47.3 Å². The molecule has 3 heterocycles. The molecule has 0 aliphatic carbocycles. The SMILES string of the molecule is COCc1cn2cccc(C(=O)NC(C#N)c3ccco3)c2n1. The molecule has 0 fully saturated rings. The van der Waals surface area contributed by atoms with Crippen LogP contribution in [-0.2, 0) is 11.3 Å². The fourth-order valence-electron chi connectivity index (χ4n) is 2.29. The van der Waals surface area contributed by atoms with E-state index < -0.39 is 11.9 Å². The van der Waals surface area contributed by atoms with Crippen molar-refractivity contribution in [3.8, 4) is 6.07 Å². The Bertz CT molecular complexity index is 861. The summed E-state index contributed by atoms with van der Waals surface area (Å²) in [5, 5.41) is 11.9. The van der Waals surface area contributed by atoms with E-state index in [4.69, 9.17) is 9.15 Å². The molecule has 0 aliphatic rings. The van der Waals surface area contributed by atoms with Crippen molar-refractivity contribution in [1.29, 1.82) is 5.26 Å². The van der Waals surface area contributed by atoms with Crippen LogP contribution < -0.4 is 5.32 Å². The van der Waals surface area contributed by atoms with Gasteiger partial charge >= 0.3 is 0 Å². The number of rotatable bonds is 5. The van der Waals surface area contributed by atoms with Gasteiger partial charge in [-0.1, -0.05) is 0 Å². The Balaban J connectivity index is 1.90. The number of carbonyl (C=O) groups excluding carboxylic acids is 1. The molecule has 3 aromatic rings. The number of methoxy groups -OCH3 is 1. The van der Waals surface area contributed by atoms with Gasteiger partial charge < -0.3 is 18.9 Å². The Labute approximate surface area is 132 Å². The van der Waals surface area contributed by atoms with Gasteiger partial charge in [-0.3, -0.25) is 4.79 Å². The lowest BCUT2D eigenvalue weighted by Crippen LogP contribution is -2.27. The number of ether oxygens (including phenoxy) is 1. The third-order valence-electron chi connectivity index (χ3n) is 3.30. The smallest absolute Gasteiger partial charge is 0.256 e. The number of hydrogen-bond donors (Lipinski definition) is 1. The van der Waals surface area contributed by atoms with Crippen molar-refractivity contribution in [2.45, 2.75) is 12.6 Å². The normalized spacial score (nSPS) is 12.0. The number of carbonyl (C=O) groups is 1. The van der Waals surface area contributed by atoms with Crippen LogP contribution in [0.25, 0.3) is 5.65 Å². The molecule has 1 N–H and O–H groups in total. The molecule has 1 atom stereocenters. The fourth-order valence-corrected chi connectivity index (χ4v) is 2.29. The first-order valence-electron chi connectivity index (χ1n) is 6.92. The van der Waals surface area contributed by atoms with E-state index in [9.17, 15) is 10.1 Å². The van der Waals surface area contributed by atoms with Gasteiger partial charge in [0.25, 0.3) is 5.91 Å². The molecule has 1 amide bonds. The van der Waals surface area contributed by atoms with E-state index in [-0.39, 0.29) is 0 Å². The van der Waals surface area contributed by atoms with Gasteiger partial charge in [0.15, 0.2) is 6.04 Å². The average molecular weight is 310 g/mol. The fraction of sp³-hybridized carbons (Fsp3) is 0.188. The van der Waals surface area contributed by atoms with Gasteiger partial charge in [0.1, 0.15) is 11.4 Å². The number of hydrogen-bond acceptors (Lipinski definition) is 5. The van der Waals surface area contributed by atoms with Gasteiger partial charge in [-0.15, -0.1) is 0 Å². The number of pyridine rings is 1. The van der Waals surface area contributed by atoms with Gasteiger partial charge in [0.05, 0.1) is 30.2 Å². The number of nitrogens with zero attached hydrogens (tertiary/aromatic N) is 3. The summed E-state index contributed by atoms with van der Waals surface area (Å²) in [6, 6.07) is 7.86. The minimum absolute atomic E-state index is 0.357. The standard InChI is InChI=1S/C16H14N4O3/c1-22-10-11-9-20-6-2-4-12(15(20)18-11)16(21)19-13(8-17)14-5-3-7-23-14/h2-7,9,13H,10H2,1H3,(H,19,21). The van der Waals surface area contributed by atoms with E-state index >= 15 is 0 Å². The number of amides is 1. The number of nitriles is 1. The first-order chi connectivity index (χ1) is 11.2. The van der Waals surface area contributed by atoms with E-state index in [1.807, 2.05) is 6.07 Å². The van der Waals surface area contributed by atoms with Crippen LogP contribution in [0, 0.1) is 11.3 Å². The molecule has 3 aromatic heterocycles. The summed E-state index contributed by atoms with van der Waals surface area (Å²) in [6.45, 7) is 0.357. The molecule has 7 nitrogen and oxygen atoms in total.